The molecule has 0 aliphatic carbocycles. The number of rotatable bonds is 4. The minimum atomic E-state index is -0.742. The summed E-state index contributed by atoms with van der Waals surface area (Å²) in [6.07, 6.45) is 2.48. The Balaban J connectivity index is 2.51. The van der Waals surface area contributed by atoms with Crippen molar-refractivity contribution in [1.82, 2.24) is 9.38 Å². The summed E-state index contributed by atoms with van der Waals surface area (Å²) in [5, 5.41) is 9.90. The van der Waals surface area contributed by atoms with Crippen molar-refractivity contribution in [3.05, 3.63) is 41.5 Å². The van der Waals surface area contributed by atoms with E-state index in [0.29, 0.717) is 17.0 Å². The monoisotopic (exact) mass is 275 g/mol. The third-order valence-corrected chi connectivity index (χ3v) is 2.79. The fraction of sp³-hybridized carbons (Fsp3) is 0.286. The summed E-state index contributed by atoms with van der Waals surface area (Å²) in [4.78, 5) is 15.9. The van der Waals surface area contributed by atoms with Crippen molar-refractivity contribution in [2.45, 2.75) is 20.0 Å². The molecular formula is C14H17N3O3. The molecule has 0 amide bonds. The second-order valence-electron chi connectivity index (χ2n) is 4.31. The first-order valence-electron chi connectivity index (χ1n) is 6.34. The average molecular weight is 275 g/mol. The van der Waals surface area contributed by atoms with Crippen LogP contribution in [0.1, 0.15) is 31.3 Å². The van der Waals surface area contributed by atoms with Crippen molar-refractivity contribution in [3.63, 3.8) is 0 Å². The molecule has 0 saturated heterocycles. The summed E-state index contributed by atoms with van der Waals surface area (Å²) in [6.45, 7) is 3.59. The quantitative estimate of drug-likeness (QED) is 0.647. The van der Waals surface area contributed by atoms with Gasteiger partial charge in [-0.05, 0) is 32.1 Å². The van der Waals surface area contributed by atoms with E-state index in [-0.39, 0.29) is 12.3 Å². The normalized spacial score (nSPS) is 13.4. The smallest absolute Gasteiger partial charge is 0.354 e. The molecule has 0 bridgehead atoms. The molecule has 1 unspecified atom stereocenters. The zero-order valence-corrected chi connectivity index (χ0v) is 11.4. The number of hydrogen-bond donors (Lipinski definition) is 2. The highest BCUT2D eigenvalue weighted by atomic mass is 16.5. The topological polar surface area (TPSA) is 89.9 Å². The maximum Gasteiger partial charge on any atom is 0.354 e. The van der Waals surface area contributed by atoms with Gasteiger partial charge in [0.25, 0.3) is 0 Å². The minimum Gasteiger partial charge on any atom is -0.461 e. The van der Waals surface area contributed by atoms with E-state index in [1.54, 1.807) is 24.4 Å². The molecule has 2 aromatic rings. The molecular weight excluding hydrogens is 258 g/mol. The SMILES string of the molecule is CCOC(=O)/C(N)=C/c1nc2ccccn2c1C(C)O. The molecule has 0 aliphatic rings. The van der Waals surface area contributed by atoms with Gasteiger partial charge in [0.2, 0.25) is 0 Å². The van der Waals surface area contributed by atoms with Gasteiger partial charge in [0.05, 0.1) is 24.1 Å². The summed E-state index contributed by atoms with van der Waals surface area (Å²) >= 11 is 0. The lowest BCUT2D eigenvalue weighted by Crippen LogP contribution is -2.14. The summed E-state index contributed by atoms with van der Waals surface area (Å²) in [6, 6.07) is 5.49. The van der Waals surface area contributed by atoms with Crippen LogP contribution in [0.25, 0.3) is 11.7 Å². The number of nitrogens with two attached hydrogens (primary N) is 1. The summed E-state index contributed by atoms with van der Waals surface area (Å²) in [5.74, 6) is -0.596. The third-order valence-electron chi connectivity index (χ3n) is 2.79. The fourth-order valence-corrected chi connectivity index (χ4v) is 1.98. The standard InChI is InChI=1S/C14H17N3O3/c1-3-20-14(19)10(15)8-11-13(9(2)18)17-7-5-4-6-12(17)16-11/h4-9,18H,3,15H2,1-2H3/b10-8-. The van der Waals surface area contributed by atoms with Crippen LogP contribution in [0.3, 0.4) is 0 Å². The molecule has 6 nitrogen and oxygen atoms in total. The number of aliphatic hydroxyl groups is 1. The van der Waals surface area contributed by atoms with Crippen molar-refractivity contribution in [3.8, 4) is 0 Å². The zero-order valence-electron chi connectivity index (χ0n) is 11.4. The molecule has 2 rings (SSSR count). The molecule has 0 aromatic carbocycles. The number of nitrogens with zero attached hydrogens (tertiary/aromatic N) is 2. The second kappa shape index (κ2) is 5.75. The third kappa shape index (κ3) is 2.65. The Bertz CT molecular complexity index is 659. The first kappa shape index (κ1) is 14.1. The first-order chi connectivity index (χ1) is 9.54. The highest BCUT2D eigenvalue weighted by Gasteiger charge is 2.16. The van der Waals surface area contributed by atoms with E-state index in [9.17, 15) is 9.90 Å². The number of carbonyl (C=O) groups excluding carboxylic acids is 1. The minimum absolute atomic E-state index is 0.0443. The lowest BCUT2D eigenvalue weighted by molar-refractivity contribution is -0.138. The van der Waals surface area contributed by atoms with Crippen molar-refractivity contribution in [2.75, 3.05) is 6.61 Å². The van der Waals surface area contributed by atoms with Gasteiger partial charge in [-0.25, -0.2) is 9.78 Å². The van der Waals surface area contributed by atoms with E-state index in [2.05, 4.69) is 4.98 Å². The molecule has 6 heteroatoms. The van der Waals surface area contributed by atoms with Crippen LogP contribution in [0.2, 0.25) is 0 Å². The summed E-state index contributed by atoms with van der Waals surface area (Å²) < 4.78 is 6.58. The molecule has 0 aliphatic heterocycles. The molecule has 2 heterocycles. The van der Waals surface area contributed by atoms with Crippen LogP contribution in [-0.4, -0.2) is 27.1 Å². The van der Waals surface area contributed by atoms with Gasteiger partial charge in [0.1, 0.15) is 11.3 Å². The van der Waals surface area contributed by atoms with Crippen molar-refractivity contribution in [2.24, 2.45) is 5.73 Å². The number of esters is 1. The molecule has 0 saturated carbocycles. The van der Waals surface area contributed by atoms with Crippen LogP contribution >= 0.6 is 0 Å². The number of ether oxygens (including phenoxy) is 1. The number of aliphatic hydroxyl groups excluding tert-OH is 1. The zero-order chi connectivity index (χ0) is 14.7. The van der Waals surface area contributed by atoms with Crippen LogP contribution in [0.4, 0.5) is 0 Å². The largest absolute Gasteiger partial charge is 0.461 e. The van der Waals surface area contributed by atoms with Gasteiger partial charge in [-0.15, -0.1) is 0 Å². The van der Waals surface area contributed by atoms with E-state index in [0.717, 1.165) is 0 Å². The van der Waals surface area contributed by atoms with Crippen LogP contribution in [0, 0.1) is 0 Å². The maximum atomic E-state index is 11.5. The number of carbonyl (C=O) groups is 1. The fourth-order valence-electron chi connectivity index (χ4n) is 1.98. The van der Waals surface area contributed by atoms with Gasteiger partial charge < -0.3 is 20.0 Å². The van der Waals surface area contributed by atoms with Crippen LogP contribution in [-0.2, 0) is 9.53 Å². The van der Waals surface area contributed by atoms with E-state index in [1.165, 1.54) is 6.08 Å². The van der Waals surface area contributed by atoms with Gasteiger partial charge in [-0.1, -0.05) is 6.07 Å². The van der Waals surface area contributed by atoms with E-state index in [1.807, 2.05) is 18.2 Å². The molecule has 1 atom stereocenters. The molecule has 0 fully saturated rings. The number of pyridine rings is 1. The number of hydrogen-bond acceptors (Lipinski definition) is 5. The van der Waals surface area contributed by atoms with Crippen LogP contribution < -0.4 is 5.73 Å². The van der Waals surface area contributed by atoms with Gasteiger partial charge >= 0.3 is 5.97 Å². The Morgan fingerprint density at radius 2 is 2.35 bits per heavy atom. The van der Waals surface area contributed by atoms with E-state index in [4.69, 9.17) is 10.5 Å². The second-order valence-corrected chi connectivity index (χ2v) is 4.31. The molecule has 106 valence electrons. The Hall–Kier alpha value is -2.34. The Morgan fingerprint density at radius 1 is 1.60 bits per heavy atom. The Kier molecular flexibility index (Phi) is 4.05. The van der Waals surface area contributed by atoms with Gasteiger partial charge in [-0.3, -0.25) is 0 Å². The van der Waals surface area contributed by atoms with Crippen LogP contribution in [0.15, 0.2) is 30.1 Å². The molecule has 2 aromatic heterocycles. The van der Waals surface area contributed by atoms with Gasteiger partial charge in [0, 0.05) is 6.20 Å². The van der Waals surface area contributed by atoms with E-state index < -0.39 is 12.1 Å². The Morgan fingerprint density at radius 3 is 3.00 bits per heavy atom. The highest BCUT2D eigenvalue weighted by Crippen LogP contribution is 2.21. The summed E-state index contributed by atoms with van der Waals surface area (Å²) in [5.41, 5.74) is 7.34. The number of aromatic nitrogens is 2. The number of imidazole rings is 1. The van der Waals surface area contributed by atoms with Crippen molar-refractivity contribution in [1.29, 1.82) is 0 Å². The lowest BCUT2D eigenvalue weighted by Gasteiger charge is -2.06. The Labute approximate surface area is 116 Å². The first-order valence-corrected chi connectivity index (χ1v) is 6.34. The number of fused-ring (bicyclic) bond motifs is 1. The van der Waals surface area contributed by atoms with Crippen molar-refractivity contribution >= 4 is 17.7 Å². The van der Waals surface area contributed by atoms with Crippen LogP contribution in [0.5, 0.6) is 0 Å². The molecule has 3 N–H and O–H groups in total. The maximum absolute atomic E-state index is 11.5. The van der Waals surface area contributed by atoms with E-state index >= 15 is 0 Å². The average Bonchev–Trinajstić information content (AvgIpc) is 2.76. The highest BCUT2D eigenvalue weighted by molar-refractivity contribution is 5.92. The molecule has 20 heavy (non-hydrogen) atoms. The van der Waals surface area contributed by atoms with Crippen molar-refractivity contribution < 1.29 is 14.6 Å². The van der Waals surface area contributed by atoms with Gasteiger partial charge in [-0.2, -0.15) is 0 Å². The molecule has 0 spiro atoms. The predicted molar refractivity (Wildman–Crippen MR) is 74.6 cm³/mol. The predicted octanol–water partition coefficient (Wildman–Crippen LogP) is 1.25. The van der Waals surface area contributed by atoms with Gasteiger partial charge in [0.15, 0.2) is 0 Å². The summed E-state index contributed by atoms with van der Waals surface area (Å²) in [7, 11) is 0. The lowest BCUT2D eigenvalue weighted by atomic mass is 10.2. The molecule has 0 radical (unpaired) electrons.